The van der Waals surface area contributed by atoms with Gasteiger partial charge in [0.1, 0.15) is 17.0 Å². The summed E-state index contributed by atoms with van der Waals surface area (Å²) in [5.41, 5.74) is 1.04. The lowest BCUT2D eigenvalue weighted by atomic mass is 10.1. The van der Waals surface area contributed by atoms with Crippen LogP contribution in [0.1, 0.15) is 31.9 Å². The number of nitrogens with zero attached hydrogens (tertiary/aromatic N) is 3. The Morgan fingerprint density at radius 2 is 2.12 bits per heavy atom. The predicted molar refractivity (Wildman–Crippen MR) is 97.0 cm³/mol. The summed E-state index contributed by atoms with van der Waals surface area (Å²) in [6.07, 6.45) is 2.65. The van der Waals surface area contributed by atoms with Crippen LogP contribution in [0.4, 0.5) is 5.95 Å². The third kappa shape index (κ3) is 4.60. The molecule has 1 fully saturated rings. The fourth-order valence-electron chi connectivity index (χ4n) is 2.90. The zero-order valence-electron chi connectivity index (χ0n) is 14.3. The molecule has 0 spiro atoms. The van der Waals surface area contributed by atoms with Crippen LogP contribution >= 0.6 is 11.6 Å². The number of carbonyl (C=O) groups excluding carboxylic acids is 1. The van der Waals surface area contributed by atoms with Gasteiger partial charge in [0, 0.05) is 26.1 Å². The molecule has 2 heterocycles. The van der Waals surface area contributed by atoms with Crippen molar-refractivity contribution in [2.45, 2.75) is 32.4 Å². The largest absolute Gasteiger partial charge is 0.489 e. The first kappa shape index (κ1) is 17.5. The summed E-state index contributed by atoms with van der Waals surface area (Å²) in [7, 11) is 0. The Hall–Kier alpha value is -2.34. The Kier molecular flexibility index (Phi) is 5.38. The molecule has 0 saturated carbocycles. The number of ether oxygens (including phenoxy) is 1. The fourth-order valence-corrected chi connectivity index (χ4v) is 3.03. The van der Waals surface area contributed by atoms with E-state index in [1.165, 1.54) is 6.92 Å². The van der Waals surface area contributed by atoms with Crippen LogP contribution in [0.25, 0.3) is 0 Å². The lowest BCUT2D eigenvalue weighted by molar-refractivity contribution is -0.119. The SMILES string of the molecule is CC(=O)N[C@@H](C)c1ccc(O[C@@H]2CCN(c3nccc(Cl)n3)C2)cc1. The molecule has 2 atom stereocenters. The molecule has 7 heteroatoms. The van der Waals surface area contributed by atoms with Crippen LogP contribution in [0.15, 0.2) is 36.5 Å². The molecule has 25 heavy (non-hydrogen) atoms. The van der Waals surface area contributed by atoms with Crippen LogP contribution < -0.4 is 15.0 Å². The van der Waals surface area contributed by atoms with E-state index in [-0.39, 0.29) is 18.1 Å². The van der Waals surface area contributed by atoms with E-state index in [0.29, 0.717) is 11.1 Å². The van der Waals surface area contributed by atoms with E-state index in [9.17, 15) is 4.79 Å². The number of carbonyl (C=O) groups is 1. The number of rotatable bonds is 5. The highest BCUT2D eigenvalue weighted by Crippen LogP contribution is 2.23. The van der Waals surface area contributed by atoms with Gasteiger partial charge in [-0.2, -0.15) is 0 Å². The second kappa shape index (κ2) is 7.70. The van der Waals surface area contributed by atoms with Crippen molar-refractivity contribution in [1.82, 2.24) is 15.3 Å². The summed E-state index contributed by atoms with van der Waals surface area (Å²) in [5, 5.41) is 3.31. The van der Waals surface area contributed by atoms with Crippen molar-refractivity contribution < 1.29 is 9.53 Å². The molecule has 1 aromatic carbocycles. The van der Waals surface area contributed by atoms with Gasteiger partial charge in [-0.3, -0.25) is 4.79 Å². The first-order valence-corrected chi connectivity index (χ1v) is 8.66. The maximum Gasteiger partial charge on any atom is 0.226 e. The Morgan fingerprint density at radius 1 is 1.36 bits per heavy atom. The molecule has 1 aliphatic rings. The number of nitrogens with one attached hydrogen (secondary N) is 1. The van der Waals surface area contributed by atoms with Gasteiger partial charge >= 0.3 is 0 Å². The van der Waals surface area contributed by atoms with Crippen molar-refractivity contribution in [2.24, 2.45) is 0 Å². The number of amides is 1. The third-order valence-electron chi connectivity index (χ3n) is 4.14. The summed E-state index contributed by atoms with van der Waals surface area (Å²) < 4.78 is 6.06. The topological polar surface area (TPSA) is 67.3 Å². The van der Waals surface area contributed by atoms with Crippen molar-refractivity contribution in [3.8, 4) is 5.75 Å². The number of benzene rings is 1. The Labute approximate surface area is 152 Å². The predicted octanol–water partition coefficient (Wildman–Crippen LogP) is 2.98. The molecule has 132 valence electrons. The average molecular weight is 361 g/mol. The van der Waals surface area contributed by atoms with Gasteiger partial charge in [0.25, 0.3) is 0 Å². The Morgan fingerprint density at radius 3 is 2.80 bits per heavy atom. The van der Waals surface area contributed by atoms with Gasteiger partial charge < -0.3 is 15.0 Å². The second-order valence-electron chi connectivity index (χ2n) is 6.15. The Balaban J connectivity index is 1.57. The summed E-state index contributed by atoms with van der Waals surface area (Å²) in [6, 6.07) is 9.47. The quantitative estimate of drug-likeness (QED) is 0.830. The summed E-state index contributed by atoms with van der Waals surface area (Å²) >= 11 is 5.93. The van der Waals surface area contributed by atoms with Gasteiger partial charge in [-0.25, -0.2) is 9.97 Å². The lowest BCUT2D eigenvalue weighted by Crippen LogP contribution is -2.26. The normalized spacial score (nSPS) is 18.0. The van der Waals surface area contributed by atoms with Gasteiger partial charge in [0.15, 0.2) is 0 Å². The second-order valence-corrected chi connectivity index (χ2v) is 6.53. The average Bonchev–Trinajstić information content (AvgIpc) is 3.03. The number of hydrogen-bond acceptors (Lipinski definition) is 5. The molecule has 1 aromatic heterocycles. The van der Waals surface area contributed by atoms with Gasteiger partial charge in [0.2, 0.25) is 11.9 Å². The highest BCUT2D eigenvalue weighted by molar-refractivity contribution is 6.29. The first-order valence-electron chi connectivity index (χ1n) is 8.28. The molecular weight excluding hydrogens is 340 g/mol. The Bertz CT molecular complexity index is 738. The van der Waals surface area contributed by atoms with Crippen LogP contribution in [0.5, 0.6) is 5.75 Å². The molecule has 0 radical (unpaired) electrons. The number of hydrogen-bond donors (Lipinski definition) is 1. The van der Waals surface area contributed by atoms with Crippen molar-refractivity contribution >= 4 is 23.5 Å². The van der Waals surface area contributed by atoms with Gasteiger partial charge in [0.05, 0.1) is 12.6 Å². The van der Waals surface area contributed by atoms with Gasteiger partial charge in [-0.15, -0.1) is 0 Å². The van der Waals surface area contributed by atoms with E-state index in [1.54, 1.807) is 12.3 Å². The molecular formula is C18H21ClN4O2. The van der Waals surface area contributed by atoms with Crippen molar-refractivity contribution in [3.63, 3.8) is 0 Å². The van der Waals surface area contributed by atoms with Crippen LogP contribution in [0, 0.1) is 0 Å². The van der Waals surface area contributed by atoms with Crippen molar-refractivity contribution in [1.29, 1.82) is 0 Å². The minimum Gasteiger partial charge on any atom is -0.489 e. The number of anilines is 1. The highest BCUT2D eigenvalue weighted by Gasteiger charge is 2.26. The number of halogens is 1. The summed E-state index contributed by atoms with van der Waals surface area (Å²) in [5.74, 6) is 1.41. The molecule has 6 nitrogen and oxygen atoms in total. The van der Waals surface area contributed by atoms with E-state index in [2.05, 4.69) is 20.2 Å². The van der Waals surface area contributed by atoms with E-state index < -0.39 is 0 Å². The van der Waals surface area contributed by atoms with Crippen LogP contribution in [0.3, 0.4) is 0 Å². The lowest BCUT2D eigenvalue weighted by Gasteiger charge is -2.18. The number of aromatic nitrogens is 2. The van der Waals surface area contributed by atoms with Crippen molar-refractivity contribution in [3.05, 3.63) is 47.2 Å². The maximum absolute atomic E-state index is 11.1. The maximum atomic E-state index is 11.1. The molecule has 2 aromatic rings. The van der Waals surface area contributed by atoms with E-state index in [1.807, 2.05) is 31.2 Å². The van der Waals surface area contributed by atoms with Crippen molar-refractivity contribution in [2.75, 3.05) is 18.0 Å². The zero-order chi connectivity index (χ0) is 17.8. The third-order valence-corrected chi connectivity index (χ3v) is 4.35. The monoisotopic (exact) mass is 360 g/mol. The minimum absolute atomic E-state index is 0.0199. The molecule has 1 aliphatic heterocycles. The van der Waals surface area contributed by atoms with E-state index in [4.69, 9.17) is 16.3 Å². The zero-order valence-corrected chi connectivity index (χ0v) is 15.0. The first-order chi connectivity index (χ1) is 12.0. The molecule has 0 bridgehead atoms. The van der Waals surface area contributed by atoms with Gasteiger partial charge in [-0.05, 0) is 30.7 Å². The highest BCUT2D eigenvalue weighted by atomic mass is 35.5. The summed E-state index contributed by atoms with van der Waals surface area (Å²) in [6.45, 7) is 5.04. The smallest absolute Gasteiger partial charge is 0.226 e. The molecule has 0 aliphatic carbocycles. The van der Waals surface area contributed by atoms with E-state index >= 15 is 0 Å². The fraction of sp³-hybridized carbons (Fsp3) is 0.389. The molecule has 1 amide bonds. The molecule has 1 saturated heterocycles. The van der Waals surface area contributed by atoms with Crippen LogP contribution in [-0.2, 0) is 4.79 Å². The van der Waals surface area contributed by atoms with E-state index in [0.717, 1.165) is 30.8 Å². The summed E-state index contributed by atoms with van der Waals surface area (Å²) in [4.78, 5) is 21.7. The minimum atomic E-state index is -0.0397. The molecule has 1 N–H and O–H groups in total. The standard InChI is InChI=1S/C18H21ClN4O2/c1-12(21-13(2)24)14-3-5-15(6-4-14)25-16-8-10-23(11-16)18-20-9-7-17(19)22-18/h3-7,9,12,16H,8,10-11H2,1-2H3,(H,21,24)/t12-,16+/m0/s1. The van der Waals surface area contributed by atoms with Gasteiger partial charge in [-0.1, -0.05) is 23.7 Å². The van der Waals surface area contributed by atoms with Crippen LogP contribution in [-0.4, -0.2) is 35.1 Å². The molecule has 0 unspecified atom stereocenters. The van der Waals surface area contributed by atoms with Crippen LogP contribution in [0.2, 0.25) is 5.15 Å². The molecule has 3 rings (SSSR count).